The zero-order valence-corrected chi connectivity index (χ0v) is 17.3. The molecule has 1 amide bonds. The van der Waals surface area contributed by atoms with E-state index in [2.05, 4.69) is 35.4 Å². The fourth-order valence-electron chi connectivity index (χ4n) is 3.91. The van der Waals surface area contributed by atoms with Crippen LogP contribution in [0, 0.1) is 13.8 Å². The highest BCUT2D eigenvalue weighted by Gasteiger charge is 2.27. The lowest BCUT2D eigenvalue weighted by Gasteiger charge is -2.22. The summed E-state index contributed by atoms with van der Waals surface area (Å²) in [5.74, 6) is 2.45. The van der Waals surface area contributed by atoms with Crippen LogP contribution in [0.4, 0.5) is 17.6 Å². The molecule has 0 radical (unpaired) electrons. The van der Waals surface area contributed by atoms with E-state index in [0.717, 1.165) is 61.4 Å². The summed E-state index contributed by atoms with van der Waals surface area (Å²) >= 11 is 0. The maximum absolute atomic E-state index is 12.0. The Balaban J connectivity index is 1.46. The second-order valence-corrected chi connectivity index (χ2v) is 7.67. The summed E-state index contributed by atoms with van der Waals surface area (Å²) in [4.78, 5) is 34.4. The van der Waals surface area contributed by atoms with Gasteiger partial charge in [-0.1, -0.05) is 0 Å². The molecule has 1 atom stereocenters. The molecule has 2 aliphatic heterocycles. The molecule has 2 fully saturated rings. The molecule has 9 nitrogen and oxygen atoms in total. The quantitative estimate of drug-likeness (QED) is 0.785. The van der Waals surface area contributed by atoms with Crippen LogP contribution in [0.5, 0.6) is 0 Å². The second-order valence-electron chi connectivity index (χ2n) is 7.67. The van der Waals surface area contributed by atoms with Crippen LogP contribution in [0.25, 0.3) is 0 Å². The number of anilines is 3. The van der Waals surface area contributed by atoms with Crippen molar-refractivity contribution in [2.24, 2.45) is 0 Å². The molecule has 0 spiro atoms. The van der Waals surface area contributed by atoms with Crippen LogP contribution >= 0.6 is 0 Å². The Morgan fingerprint density at radius 3 is 2.66 bits per heavy atom. The first kappa shape index (κ1) is 19.4. The summed E-state index contributed by atoms with van der Waals surface area (Å²) in [5.41, 5.74) is 1.84. The number of carbonyl (C=O) groups is 1. The third-order valence-electron chi connectivity index (χ3n) is 5.67. The van der Waals surface area contributed by atoms with Gasteiger partial charge in [0.25, 0.3) is 5.91 Å². The largest absolute Gasteiger partial charge is 0.365 e. The fraction of sp³-hybridized carbons (Fsp3) is 0.550. The van der Waals surface area contributed by atoms with Gasteiger partial charge in [-0.2, -0.15) is 4.98 Å². The molecule has 0 aromatic carbocycles. The summed E-state index contributed by atoms with van der Waals surface area (Å²) in [6.45, 7) is 7.65. The van der Waals surface area contributed by atoms with Crippen LogP contribution in [-0.2, 0) is 0 Å². The summed E-state index contributed by atoms with van der Waals surface area (Å²) in [5, 5.41) is 6.15. The van der Waals surface area contributed by atoms with Crippen LogP contribution < -0.4 is 20.4 Å². The van der Waals surface area contributed by atoms with E-state index in [1.807, 2.05) is 26.1 Å². The molecule has 29 heavy (non-hydrogen) atoms. The Hall–Kier alpha value is -2.97. The Morgan fingerprint density at radius 1 is 1.10 bits per heavy atom. The van der Waals surface area contributed by atoms with Crippen molar-refractivity contribution < 1.29 is 4.79 Å². The van der Waals surface area contributed by atoms with Crippen LogP contribution in [0.15, 0.2) is 12.3 Å². The van der Waals surface area contributed by atoms with E-state index in [1.54, 1.807) is 7.05 Å². The molecular formula is C20H28N8O. The molecule has 9 heteroatoms. The molecular weight excluding hydrogens is 368 g/mol. The van der Waals surface area contributed by atoms with Crippen LogP contribution in [0.3, 0.4) is 0 Å². The Bertz CT molecular complexity index is 896. The zero-order chi connectivity index (χ0) is 20.4. The first-order valence-corrected chi connectivity index (χ1v) is 10.2. The van der Waals surface area contributed by atoms with Crippen LogP contribution in [0.1, 0.15) is 41.1 Å². The highest BCUT2D eigenvalue weighted by Crippen LogP contribution is 2.25. The van der Waals surface area contributed by atoms with E-state index in [4.69, 9.17) is 4.98 Å². The molecule has 4 rings (SSSR count). The standard InChI is InChI=1S/C20H28N8O/c1-13-14(2)23-17(19(29)21-3)26-18(13)28-11-7-15(12-28)24-16-6-8-22-20(25-16)27-9-4-5-10-27/h6,8,15H,4-5,7,9-12H2,1-3H3,(H,21,29)(H,22,24,25)/t15-/m1/s1. The third kappa shape index (κ3) is 4.08. The molecule has 2 saturated heterocycles. The lowest BCUT2D eigenvalue weighted by molar-refractivity contribution is 0.0952. The SMILES string of the molecule is CNC(=O)c1nc(C)c(C)c(N2CC[C@@H](Nc3ccnc(N4CCCC4)n3)C2)n1. The number of rotatable bonds is 5. The minimum Gasteiger partial charge on any atom is -0.365 e. The summed E-state index contributed by atoms with van der Waals surface area (Å²) in [6, 6.07) is 2.18. The lowest BCUT2D eigenvalue weighted by atomic mass is 10.2. The van der Waals surface area contributed by atoms with Crippen molar-refractivity contribution in [1.82, 2.24) is 25.3 Å². The number of nitrogens with one attached hydrogen (secondary N) is 2. The van der Waals surface area contributed by atoms with Crippen molar-refractivity contribution in [2.45, 2.75) is 39.2 Å². The van der Waals surface area contributed by atoms with Gasteiger partial charge in [-0.05, 0) is 39.2 Å². The number of hydrogen-bond acceptors (Lipinski definition) is 8. The smallest absolute Gasteiger partial charge is 0.288 e. The van der Waals surface area contributed by atoms with Crippen molar-refractivity contribution in [3.8, 4) is 0 Å². The topological polar surface area (TPSA) is 99.2 Å². The van der Waals surface area contributed by atoms with Gasteiger partial charge in [-0.15, -0.1) is 0 Å². The molecule has 2 aliphatic rings. The number of aromatic nitrogens is 4. The van der Waals surface area contributed by atoms with E-state index in [0.29, 0.717) is 0 Å². The number of amides is 1. The predicted octanol–water partition coefficient (Wildman–Crippen LogP) is 1.53. The van der Waals surface area contributed by atoms with Crippen molar-refractivity contribution >= 4 is 23.5 Å². The lowest BCUT2D eigenvalue weighted by Crippen LogP contribution is -2.29. The molecule has 0 bridgehead atoms. The molecule has 2 aromatic rings. The van der Waals surface area contributed by atoms with E-state index in [1.165, 1.54) is 12.8 Å². The maximum Gasteiger partial charge on any atom is 0.288 e. The van der Waals surface area contributed by atoms with Crippen molar-refractivity contribution in [2.75, 3.05) is 48.3 Å². The highest BCUT2D eigenvalue weighted by molar-refractivity contribution is 5.90. The highest BCUT2D eigenvalue weighted by atomic mass is 16.2. The average molecular weight is 396 g/mol. The summed E-state index contributed by atoms with van der Waals surface area (Å²) in [7, 11) is 1.59. The second kappa shape index (κ2) is 8.18. The van der Waals surface area contributed by atoms with Crippen LogP contribution in [0.2, 0.25) is 0 Å². The van der Waals surface area contributed by atoms with Crippen molar-refractivity contribution in [1.29, 1.82) is 0 Å². The summed E-state index contributed by atoms with van der Waals surface area (Å²) < 4.78 is 0. The zero-order valence-electron chi connectivity index (χ0n) is 17.3. The summed E-state index contributed by atoms with van der Waals surface area (Å²) in [6.07, 6.45) is 5.20. The number of carbonyl (C=O) groups excluding carboxylic acids is 1. The normalized spacial score (nSPS) is 18.9. The van der Waals surface area contributed by atoms with E-state index >= 15 is 0 Å². The molecule has 2 N–H and O–H groups in total. The molecule has 0 aliphatic carbocycles. The number of nitrogens with zero attached hydrogens (tertiary/aromatic N) is 6. The molecule has 0 saturated carbocycles. The van der Waals surface area contributed by atoms with Gasteiger partial charge in [-0.3, -0.25) is 4.79 Å². The molecule has 2 aromatic heterocycles. The first-order chi connectivity index (χ1) is 14.0. The first-order valence-electron chi connectivity index (χ1n) is 10.2. The van der Waals surface area contributed by atoms with Gasteiger partial charge < -0.3 is 20.4 Å². The van der Waals surface area contributed by atoms with Gasteiger partial charge >= 0.3 is 0 Å². The van der Waals surface area contributed by atoms with Crippen molar-refractivity contribution in [3.63, 3.8) is 0 Å². The number of aryl methyl sites for hydroxylation is 1. The van der Waals surface area contributed by atoms with Gasteiger partial charge in [0, 0.05) is 56.7 Å². The van der Waals surface area contributed by atoms with Gasteiger partial charge in [0.1, 0.15) is 11.6 Å². The molecule has 154 valence electrons. The number of hydrogen-bond donors (Lipinski definition) is 2. The third-order valence-corrected chi connectivity index (χ3v) is 5.67. The Kier molecular flexibility index (Phi) is 5.46. The maximum atomic E-state index is 12.0. The van der Waals surface area contributed by atoms with Gasteiger partial charge in [-0.25, -0.2) is 15.0 Å². The van der Waals surface area contributed by atoms with E-state index in [-0.39, 0.29) is 17.8 Å². The Morgan fingerprint density at radius 2 is 1.90 bits per heavy atom. The van der Waals surface area contributed by atoms with Crippen LogP contribution in [-0.4, -0.2) is 65.1 Å². The van der Waals surface area contributed by atoms with E-state index in [9.17, 15) is 4.79 Å². The monoisotopic (exact) mass is 396 g/mol. The average Bonchev–Trinajstić information content (AvgIpc) is 3.42. The van der Waals surface area contributed by atoms with Gasteiger partial charge in [0.2, 0.25) is 11.8 Å². The van der Waals surface area contributed by atoms with E-state index < -0.39 is 0 Å². The predicted molar refractivity (Wildman–Crippen MR) is 113 cm³/mol. The minimum absolute atomic E-state index is 0.216. The minimum atomic E-state index is -0.265. The molecule has 0 unspecified atom stereocenters. The Labute approximate surface area is 171 Å². The van der Waals surface area contributed by atoms with Crippen molar-refractivity contribution in [3.05, 3.63) is 29.3 Å². The van der Waals surface area contributed by atoms with Gasteiger partial charge in [0.15, 0.2) is 0 Å². The van der Waals surface area contributed by atoms with Gasteiger partial charge in [0.05, 0.1) is 0 Å². The fourth-order valence-corrected chi connectivity index (χ4v) is 3.91. The molecule has 4 heterocycles.